The average Bonchev–Trinajstić information content (AvgIpc) is 3.43. The molecule has 2 aromatic heterocycles. The second-order valence-corrected chi connectivity index (χ2v) is 10.9. The topological polar surface area (TPSA) is 76.3 Å². The maximum atomic E-state index is 13.4. The molecule has 0 aliphatic carbocycles. The zero-order valence-electron chi connectivity index (χ0n) is 20.1. The van der Waals surface area contributed by atoms with Crippen molar-refractivity contribution in [2.24, 2.45) is 0 Å². The summed E-state index contributed by atoms with van der Waals surface area (Å²) in [7, 11) is -3.63. The van der Waals surface area contributed by atoms with Crippen LogP contribution in [0.25, 0.3) is 16.6 Å². The quantitative estimate of drug-likeness (QED) is 0.404. The van der Waals surface area contributed by atoms with E-state index in [-0.39, 0.29) is 11.9 Å². The van der Waals surface area contributed by atoms with Crippen molar-refractivity contribution < 1.29 is 12.8 Å². The molecular weight excluding hydrogens is 467 g/mol. The minimum atomic E-state index is -3.63. The molecule has 3 heterocycles. The second kappa shape index (κ2) is 9.09. The summed E-state index contributed by atoms with van der Waals surface area (Å²) in [4.78, 5) is 2.50. The van der Waals surface area contributed by atoms with Crippen molar-refractivity contribution in [3.63, 3.8) is 0 Å². The van der Waals surface area contributed by atoms with E-state index >= 15 is 0 Å². The Morgan fingerprint density at radius 1 is 1.09 bits per heavy atom. The third kappa shape index (κ3) is 4.32. The van der Waals surface area contributed by atoms with E-state index in [1.165, 1.54) is 12.1 Å². The molecule has 1 fully saturated rings. The number of aryl methyl sites for hydroxylation is 2. The fraction of sp³-hybridized carbons (Fsp3) is 0.360. The molecule has 184 valence electrons. The number of rotatable bonds is 6. The van der Waals surface area contributed by atoms with E-state index in [0.29, 0.717) is 36.8 Å². The highest BCUT2D eigenvalue weighted by atomic mass is 32.2. The SMILES string of the molecule is CCCn1cc(S(=O)(=O)N2CCN(c3ccc4c(cnn4-c4ccc(F)cc4)c3)C[C@H]2C)c(C)n1. The summed E-state index contributed by atoms with van der Waals surface area (Å²) in [5, 5.41) is 9.82. The van der Waals surface area contributed by atoms with E-state index in [0.717, 1.165) is 28.7 Å². The molecule has 1 aliphatic rings. The molecule has 0 unspecified atom stereocenters. The molecule has 1 saturated heterocycles. The van der Waals surface area contributed by atoms with E-state index in [1.807, 2.05) is 26.0 Å². The number of piperazine rings is 1. The van der Waals surface area contributed by atoms with Gasteiger partial charge in [-0.25, -0.2) is 17.5 Å². The maximum absolute atomic E-state index is 13.4. The van der Waals surface area contributed by atoms with Gasteiger partial charge >= 0.3 is 0 Å². The lowest BCUT2D eigenvalue weighted by molar-refractivity contribution is 0.306. The standard InChI is InChI=1S/C25H29FN6O2S/c1-4-11-30-17-25(19(3)28-30)35(33,34)31-13-12-29(16-18(31)2)23-9-10-24-20(14-23)15-27-32(24)22-7-5-21(26)6-8-22/h5-10,14-15,17-18H,4,11-13,16H2,1-3H3/t18-/m1/s1. The molecule has 0 radical (unpaired) electrons. The molecule has 0 amide bonds. The lowest BCUT2D eigenvalue weighted by Gasteiger charge is -2.40. The van der Waals surface area contributed by atoms with Gasteiger partial charge in [0.05, 0.1) is 23.1 Å². The van der Waals surface area contributed by atoms with Crippen LogP contribution in [0.5, 0.6) is 0 Å². The van der Waals surface area contributed by atoms with Crippen molar-refractivity contribution in [1.82, 2.24) is 23.9 Å². The number of sulfonamides is 1. The first-order valence-corrected chi connectivity index (χ1v) is 13.3. The normalized spacial score (nSPS) is 17.4. The molecule has 35 heavy (non-hydrogen) atoms. The summed E-state index contributed by atoms with van der Waals surface area (Å²) >= 11 is 0. The van der Waals surface area contributed by atoms with Gasteiger partial charge in [-0.3, -0.25) is 4.68 Å². The first-order valence-electron chi connectivity index (χ1n) is 11.8. The molecule has 5 rings (SSSR count). The second-order valence-electron chi connectivity index (χ2n) is 9.03. The Labute approximate surface area is 204 Å². The molecule has 4 aromatic rings. The number of fused-ring (bicyclic) bond motifs is 1. The largest absolute Gasteiger partial charge is 0.369 e. The predicted molar refractivity (Wildman–Crippen MR) is 134 cm³/mol. The zero-order valence-corrected chi connectivity index (χ0v) is 20.9. The number of benzene rings is 2. The molecule has 1 aliphatic heterocycles. The Morgan fingerprint density at radius 3 is 2.54 bits per heavy atom. The number of hydrogen-bond donors (Lipinski definition) is 0. The highest BCUT2D eigenvalue weighted by molar-refractivity contribution is 7.89. The minimum absolute atomic E-state index is 0.194. The van der Waals surface area contributed by atoms with Gasteiger partial charge in [0.25, 0.3) is 0 Å². The zero-order chi connectivity index (χ0) is 24.7. The number of hydrogen-bond acceptors (Lipinski definition) is 5. The first-order chi connectivity index (χ1) is 16.8. The van der Waals surface area contributed by atoms with Crippen LogP contribution < -0.4 is 4.90 Å². The molecule has 2 aromatic carbocycles. The smallest absolute Gasteiger partial charge is 0.246 e. The van der Waals surface area contributed by atoms with Gasteiger partial charge in [-0.15, -0.1) is 0 Å². The van der Waals surface area contributed by atoms with Crippen LogP contribution in [-0.4, -0.2) is 58.0 Å². The number of anilines is 1. The van der Waals surface area contributed by atoms with E-state index in [1.54, 1.807) is 45.1 Å². The Morgan fingerprint density at radius 2 is 1.83 bits per heavy atom. The van der Waals surface area contributed by atoms with Crippen LogP contribution in [0.2, 0.25) is 0 Å². The highest BCUT2D eigenvalue weighted by Gasteiger charge is 2.35. The van der Waals surface area contributed by atoms with E-state index in [2.05, 4.69) is 21.2 Å². The molecule has 8 nitrogen and oxygen atoms in total. The average molecular weight is 497 g/mol. The summed E-state index contributed by atoms with van der Waals surface area (Å²) in [6, 6.07) is 12.1. The van der Waals surface area contributed by atoms with Gasteiger partial charge in [0, 0.05) is 49.5 Å². The van der Waals surface area contributed by atoms with Gasteiger partial charge in [0.1, 0.15) is 10.7 Å². The van der Waals surface area contributed by atoms with E-state index < -0.39 is 10.0 Å². The number of aromatic nitrogens is 4. The maximum Gasteiger partial charge on any atom is 0.246 e. The first kappa shape index (κ1) is 23.5. The van der Waals surface area contributed by atoms with Crippen molar-refractivity contribution in [1.29, 1.82) is 0 Å². The van der Waals surface area contributed by atoms with Gasteiger partial charge in [0.15, 0.2) is 0 Å². The van der Waals surface area contributed by atoms with Crippen molar-refractivity contribution >= 4 is 26.6 Å². The van der Waals surface area contributed by atoms with Crippen LogP contribution in [0.3, 0.4) is 0 Å². The van der Waals surface area contributed by atoms with Crippen LogP contribution in [-0.2, 0) is 16.6 Å². The van der Waals surface area contributed by atoms with Crippen LogP contribution in [0.4, 0.5) is 10.1 Å². The molecular formula is C25H29FN6O2S. The Balaban J connectivity index is 1.35. The van der Waals surface area contributed by atoms with Gasteiger partial charge in [-0.2, -0.15) is 14.5 Å². The third-order valence-electron chi connectivity index (χ3n) is 6.50. The summed E-state index contributed by atoms with van der Waals surface area (Å²) in [5.74, 6) is -0.285. The fourth-order valence-corrected chi connectivity index (χ4v) is 6.54. The van der Waals surface area contributed by atoms with Crippen molar-refractivity contribution in [3.05, 3.63) is 66.4 Å². The molecule has 0 bridgehead atoms. The van der Waals surface area contributed by atoms with Crippen LogP contribution in [0.15, 0.2) is 59.8 Å². The van der Waals surface area contributed by atoms with Gasteiger partial charge in [0.2, 0.25) is 10.0 Å². The summed E-state index contributed by atoms with van der Waals surface area (Å²) in [6.07, 6.45) is 4.34. The van der Waals surface area contributed by atoms with Crippen molar-refractivity contribution in [3.8, 4) is 5.69 Å². The third-order valence-corrected chi connectivity index (χ3v) is 8.61. The summed E-state index contributed by atoms with van der Waals surface area (Å²) < 4.78 is 45.3. The highest BCUT2D eigenvalue weighted by Crippen LogP contribution is 2.29. The van der Waals surface area contributed by atoms with Crippen molar-refractivity contribution in [2.75, 3.05) is 24.5 Å². The van der Waals surface area contributed by atoms with Crippen LogP contribution >= 0.6 is 0 Å². The Bertz CT molecular complexity index is 1460. The van der Waals surface area contributed by atoms with Gasteiger partial charge in [-0.05, 0) is 62.7 Å². The molecule has 0 N–H and O–H groups in total. The Hall–Kier alpha value is -3.24. The van der Waals surface area contributed by atoms with Crippen molar-refractivity contribution in [2.45, 2.75) is 44.7 Å². The lowest BCUT2D eigenvalue weighted by atomic mass is 10.1. The number of halogens is 1. The summed E-state index contributed by atoms with van der Waals surface area (Å²) in [5.41, 5.74) is 3.28. The monoisotopic (exact) mass is 496 g/mol. The molecule has 10 heteroatoms. The number of nitrogens with zero attached hydrogens (tertiary/aromatic N) is 6. The van der Waals surface area contributed by atoms with Gasteiger partial charge in [-0.1, -0.05) is 6.92 Å². The van der Waals surface area contributed by atoms with Crippen LogP contribution in [0, 0.1) is 12.7 Å². The van der Waals surface area contributed by atoms with E-state index in [4.69, 9.17) is 0 Å². The van der Waals surface area contributed by atoms with Crippen LogP contribution in [0.1, 0.15) is 26.0 Å². The van der Waals surface area contributed by atoms with E-state index in [9.17, 15) is 12.8 Å². The predicted octanol–water partition coefficient (Wildman–Crippen LogP) is 3.98. The summed E-state index contributed by atoms with van der Waals surface area (Å²) in [6.45, 7) is 8.00. The molecule has 0 spiro atoms. The Kier molecular flexibility index (Phi) is 6.10. The minimum Gasteiger partial charge on any atom is -0.369 e. The molecule has 0 saturated carbocycles. The molecule has 1 atom stereocenters. The van der Waals surface area contributed by atoms with Gasteiger partial charge < -0.3 is 4.90 Å². The lowest BCUT2D eigenvalue weighted by Crippen LogP contribution is -2.54. The fourth-order valence-electron chi connectivity index (χ4n) is 4.76.